The molecule has 18 heavy (non-hydrogen) atoms. The van der Waals surface area contributed by atoms with Gasteiger partial charge in [-0.2, -0.15) is 0 Å². The topological polar surface area (TPSA) is 44.5 Å². The molecule has 3 unspecified atom stereocenters. The van der Waals surface area contributed by atoms with Crippen molar-refractivity contribution in [1.29, 1.82) is 0 Å². The standard InChI is InChI=1S/C15H27NO2/c16-13-9-14(18-11-12-5-8-17-10-12)15(13)6-3-1-2-4-7-15/h12-14H,1-11,16H2. The fourth-order valence-corrected chi connectivity index (χ4v) is 4.06. The molecule has 2 saturated carbocycles. The molecule has 3 aliphatic rings. The summed E-state index contributed by atoms with van der Waals surface area (Å²) in [5, 5.41) is 0. The second-order valence-electron chi connectivity index (χ2n) is 6.54. The van der Waals surface area contributed by atoms with Gasteiger partial charge in [0.25, 0.3) is 0 Å². The van der Waals surface area contributed by atoms with Crippen molar-refractivity contribution in [3.05, 3.63) is 0 Å². The molecule has 3 heteroatoms. The van der Waals surface area contributed by atoms with Gasteiger partial charge in [-0.05, 0) is 25.7 Å². The van der Waals surface area contributed by atoms with Gasteiger partial charge < -0.3 is 15.2 Å². The zero-order valence-corrected chi connectivity index (χ0v) is 11.4. The SMILES string of the molecule is NC1CC(OCC2CCOC2)C12CCCCCC2. The maximum Gasteiger partial charge on any atom is 0.0661 e. The maximum atomic E-state index is 6.33. The van der Waals surface area contributed by atoms with Crippen LogP contribution in [0.1, 0.15) is 51.4 Å². The number of hydrogen-bond donors (Lipinski definition) is 1. The minimum Gasteiger partial charge on any atom is -0.381 e. The molecule has 1 aliphatic heterocycles. The lowest BCUT2D eigenvalue weighted by atomic mass is 9.58. The van der Waals surface area contributed by atoms with Crippen molar-refractivity contribution in [1.82, 2.24) is 0 Å². The van der Waals surface area contributed by atoms with Crippen LogP contribution in [0.25, 0.3) is 0 Å². The van der Waals surface area contributed by atoms with E-state index in [0.29, 0.717) is 23.5 Å². The van der Waals surface area contributed by atoms with Gasteiger partial charge in [0.2, 0.25) is 0 Å². The zero-order valence-electron chi connectivity index (χ0n) is 11.4. The predicted octanol–water partition coefficient (Wildman–Crippen LogP) is 2.48. The van der Waals surface area contributed by atoms with Crippen LogP contribution in [0.5, 0.6) is 0 Å². The summed E-state index contributed by atoms with van der Waals surface area (Å²) in [6.45, 7) is 2.70. The molecule has 1 heterocycles. The molecule has 3 rings (SSSR count). The Bertz CT molecular complexity index is 268. The molecule has 104 valence electrons. The van der Waals surface area contributed by atoms with Crippen LogP contribution in [0.4, 0.5) is 0 Å². The van der Waals surface area contributed by atoms with Crippen LogP contribution < -0.4 is 5.73 Å². The third kappa shape index (κ3) is 2.33. The third-order valence-corrected chi connectivity index (χ3v) is 5.44. The van der Waals surface area contributed by atoms with Crippen LogP contribution >= 0.6 is 0 Å². The second kappa shape index (κ2) is 5.48. The first-order chi connectivity index (χ1) is 8.81. The van der Waals surface area contributed by atoms with Crippen LogP contribution in [-0.4, -0.2) is 32.0 Å². The minimum absolute atomic E-state index is 0.329. The number of ether oxygens (including phenoxy) is 2. The summed E-state index contributed by atoms with van der Waals surface area (Å²) >= 11 is 0. The number of rotatable bonds is 3. The van der Waals surface area contributed by atoms with E-state index < -0.39 is 0 Å². The lowest BCUT2D eigenvalue weighted by Gasteiger charge is -2.54. The van der Waals surface area contributed by atoms with Crippen molar-refractivity contribution in [2.24, 2.45) is 17.1 Å². The molecule has 0 aromatic carbocycles. The third-order valence-electron chi connectivity index (χ3n) is 5.44. The molecular weight excluding hydrogens is 226 g/mol. The molecule has 2 aliphatic carbocycles. The average molecular weight is 253 g/mol. The molecule has 3 fully saturated rings. The Morgan fingerprint density at radius 3 is 2.56 bits per heavy atom. The molecule has 0 radical (unpaired) electrons. The summed E-state index contributed by atoms with van der Waals surface area (Å²) in [7, 11) is 0. The van der Waals surface area contributed by atoms with E-state index in [2.05, 4.69) is 0 Å². The van der Waals surface area contributed by atoms with Crippen LogP contribution in [0.3, 0.4) is 0 Å². The van der Waals surface area contributed by atoms with Crippen LogP contribution in [0, 0.1) is 11.3 Å². The summed E-state index contributed by atoms with van der Waals surface area (Å²) < 4.78 is 11.6. The summed E-state index contributed by atoms with van der Waals surface area (Å²) in [5.74, 6) is 0.629. The van der Waals surface area contributed by atoms with Gasteiger partial charge in [0.15, 0.2) is 0 Å². The first-order valence-electron chi connectivity index (χ1n) is 7.76. The first-order valence-corrected chi connectivity index (χ1v) is 7.76. The highest BCUT2D eigenvalue weighted by Crippen LogP contribution is 2.51. The largest absolute Gasteiger partial charge is 0.381 e. The van der Waals surface area contributed by atoms with Crippen LogP contribution in [0.15, 0.2) is 0 Å². The number of nitrogens with two attached hydrogens (primary N) is 1. The molecule has 2 N–H and O–H groups in total. The van der Waals surface area contributed by atoms with Crippen molar-refractivity contribution in [3.63, 3.8) is 0 Å². The molecule has 1 saturated heterocycles. The Morgan fingerprint density at radius 1 is 1.17 bits per heavy atom. The predicted molar refractivity (Wildman–Crippen MR) is 71.4 cm³/mol. The van der Waals surface area contributed by atoms with Gasteiger partial charge in [0, 0.05) is 24.0 Å². The molecule has 0 aromatic rings. The first kappa shape index (κ1) is 12.9. The van der Waals surface area contributed by atoms with Crippen LogP contribution in [0.2, 0.25) is 0 Å². The summed E-state index contributed by atoms with van der Waals surface area (Å²) in [4.78, 5) is 0. The van der Waals surface area contributed by atoms with E-state index in [1.54, 1.807) is 0 Å². The van der Waals surface area contributed by atoms with Gasteiger partial charge in [0.05, 0.1) is 19.3 Å². The van der Waals surface area contributed by atoms with E-state index in [4.69, 9.17) is 15.2 Å². The minimum atomic E-state index is 0.329. The summed E-state index contributed by atoms with van der Waals surface area (Å²) in [6, 6.07) is 0.389. The van der Waals surface area contributed by atoms with Gasteiger partial charge in [0.1, 0.15) is 0 Å². The van der Waals surface area contributed by atoms with Gasteiger partial charge in [-0.1, -0.05) is 25.7 Å². The molecule has 3 atom stereocenters. The van der Waals surface area contributed by atoms with Gasteiger partial charge in [-0.15, -0.1) is 0 Å². The van der Waals surface area contributed by atoms with E-state index in [0.717, 1.165) is 26.2 Å². The van der Waals surface area contributed by atoms with Crippen molar-refractivity contribution in [3.8, 4) is 0 Å². The van der Waals surface area contributed by atoms with E-state index in [1.807, 2.05) is 0 Å². The quantitative estimate of drug-likeness (QED) is 0.840. The molecule has 3 nitrogen and oxygen atoms in total. The van der Waals surface area contributed by atoms with Crippen molar-refractivity contribution in [2.75, 3.05) is 19.8 Å². The molecule has 0 aromatic heterocycles. The van der Waals surface area contributed by atoms with Gasteiger partial charge in [-0.25, -0.2) is 0 Å². The fourth-order valence-electron chi connectivity index (χ4n) is 4.06. The zero-order chi connectivity index (χ0) is 12.4. The van der Waals surface area contributed by atoms with Crippen molar-refractivity contribution >= 4 is 0 Å². The van der Waals surface area contributed by atoms with Gasteiger partial charge >= 0.3 is 0 Å². The highest BCUT2D eigenvalue weighted by atomic mass is 16.5. The molecule has 1 spiro atoms. The highest BCUT2D eigenvalue weighted by Gasteiger charge is 2.53. The van der Waals surface area contributed by atoms with Crippen molar-refractivity contribution in [2.45, 2.75) is 63.5 Å². The van der Waals surface area contributed by atoms with E-state index in [-0.39, 0.29) is 0 Å². The molecular formula is C15H27NO2. The Morgan fingerprint density at radius 2 is 1.94 bits per heavy atom. The van der Waals surface area contributed by atoms with E-state index >= 15 is 0 Å². The van der Waals surface area contributed by atoms with Crippen LogP contribution in [-0.2, 0) is 9.47 Å². The Hall–Kier alpha value is -0.120. The fraction of sp³-hybridized carbons (Fsp3) is 1.00. The Balaban J connectivity index is 1.54. The molecule has 0 bridgehead atoms. The monoisotopic (exact) mass is 253 g/mol. The summed E-state index contributed by atoms with van der Waals surface area (Å²) in [5.41, 5.74) is 6.66. The maximum absolute atomic E-state index is 6.33. The Labute approximate surface area is 110 Å². The normalized spacial score (nSPS) is 39.5. The van der Waals surface area contributed by atoms with E-state index in [9.17, 15) is 0 Å². The number of hydrogen-bond acceptors (Lipinski definition) is 3. The summed E-state index contributed by atoms with van der Waals surface area (Å²) in [6.07, 6.45) is 10.7. The van der Waals surface area contributed by atoms with Crippen molar-refractivity contribution < 1.29 is 9.47 Å². The lowest BCUT2D eigenvalue weighted by Crippen LogP contribution is -2.62. The average Bonchev–Trinajstić information content (AvgIpc) is 2.75. The smallest absolute Gasteiger partial charge is 0.0661 e. The van der Waals surface area contributed by atoms with E-state index in [1.165, 1.54) is 44.9 Å². The van der Waals surface area contributed by atoms with Gasteiger partial charge in [-0.3, -0.25) is 0 Å². The second-order valence-corrected chi connectivity index (χ2v) is 6.54. The highest BCUT2D eigenvalue weighted by molar-refractivity contribution is 5.07. The lowest BCUT2D eigenvalue weighted by molar-refractivity contribution is -0.141. The Kier molecular flexibility index (Phi) is 3.92. The molecule has 0 amide bonds.